The molecule has 0 saturated carbocycles. The lowest BCUT2D eigenvalue weighted by molar-refractivity contribution is 0.536. The summed E-state index contributed by atoms with van der Waals surface area (Å²) in [5.74, 6) is -0.852. The molecular weight excluding hydrogens is 307 g/mol. The number of sulfone groups is 1. The second-order valence-electron chi connectivity index (χ2n) is 5.04. The van der Waals surface area contributed by atoms with Crippen LogP contribution >= 0.6 is 0 Å². The Kier molecular flexibility index (Phi) is 4.47. The van der Waals surface area contributed by atoms with Gasteiger partial charge in [0.25, 0.3) is 0 Å². The average Bonchev–Trinajstić information content (AvgIpc) is 2.29. The lowest BCUT2D eigenvalue weighted by Gasteiger charge is -2.22. The highest BCUT2D eigenvalue weighted by Crippen LogP contribution is 2.18. The molecule has 0 aliphatic rings. The molecule has 3 N–H and O–H groups in total. The van der Waals surface area contributed by atoms with Crippen LogP contribution in [0.1, 0.15) is 13.8 Å². The molecule has 1 aromatic rings. The first-order valence-electron chi connectivity index (χ1n) is 5.61. The zero-order valence-corrected chi connectivity index (χ0v) is 13.0. The predicted molar refractivity (Wildman–Crippen MR) is 74.9 cm³/mol. The molecule has 6 nitrogen and oxygen atoms in total. The molecule has 0 amide bonds. The van der Waals surface area contributed by atoms with Gasteiger partial charge in [0, 0.05) is 12.8 Å². The zero-order chi connectivity index (χ0) is 15.8. The number of hydrogen-bond donors (Lipinski definition) is 2. The van der Waals surface area contributed by atoms with E-state index in [-0.39, 0.29) is 17.1 Å². The highest BCUT2D eigenvalue weighted by atomic mass is 32.2. The summed E-state index contributed by atoms with van der Waals surface area (Å²) < 4.78 is 61.0. The summed E-state index contributed by atoms with van der Waals surface area (Å²) >= 11 is 0. The van der Waals surface area contributed by atoms with Crippen LogP contribution in [0.15, 0.2) is 23.1 Å². The molecule has 1 aromatic carbocycles. The minimum Gasteiger partial charge on any atom is -0.396 e. The molecule has 0 unspecified atom stereocenters. The number of benzene rings is 1. The Labute approximate surface area is 118 Å². The van der Waals surface area contributed by atoms with E-state index in [4.69, 9.17) is 5.73 Å². The van der Waals surface area contributed by atoms with Gasteiger partial charge < -0.3 is 5.73 Å². The fourth-order valence-electron chi connectivity index (χ4n) is 1.16. The quantitative estimate of drug-likeness (QED) is 0.768. The Morgan fingerprint density at radius 2 is 1.80 bits per heavy atom. The maximum atomic E-state index is 13.3. The second kappa shape index (κ2) is 5.30. The van der Waals surface area contributed by atoms with Crippen LogP contribution in [0.2, 0.25) is 0 Å². The van der Waals surface area contributed by atoms with E-state index in [1.807, 2.05) is 0 Å². The minimum absolute atomic E-state index is 0.166. The summed E-state index contributed by atoms with van der Waals surface area (Å²) in [5, 5.41) is 0. The largest absolute Gasteiger partial charge is 0.396 e. The molecular formula is C11H17FN2O4S2. The lowest BCUT2D eigenvalue weighted by atomic mass is 10.2. The van der Waals surface area contributed by atoms with Crippen molar-refractivity contribution in [3.8, 4) is 0 Å². The minimum atomic E-state index is -4.00. The van der Waals surface area contributed by atoms with Gasteiger partial charge in [-0.2, -0.15) is 0 Å². The van der Waals surface area contributed by atoms with Gasteiger partial charge in [0.2, 0.25) is 10.0 Å². The third kappa shape index (κ3) is 3.68. The third-order valence-electron chi connectivity index (χ3n) is 2.97. The van der Waals surface area contributed by atoms with Gasteiger partial charge in [0.15, 0.2) is 9.84 Å². The van der Waals surface area contributed by atoms with Gasteiger partial charge in [0.1, 0.15) is 5.82 Å². The molecule has 0 fully saturated rings. The molecule has 9 heteroatoms. The van der Waals surface area contributed by atoms with Crippen molar-refractivity contribution in [2.45, 2.75) is 23.5 Å². The third-order valence-corrected chi connectivity index (χ3v) is 6.52. The molecule has 0 aromatic heterocycles. The van der Waals surface area contributed by atoms with Crippen molar-refractivity contribution in [1.29, 1.82) is 0 Å². The van der Waals surface area contributed by atoms with Crippen molar-refractivity contribution in [3.63, 3.8) is 0 Å². The maximum absolute atomic E-state index is 13.3. The first-order valence-corrected chi connectivity index (χ1v) is 8.98. The summed E-state index contributed by atoms with van der Waals surface area (Å²) in [4.78, 5) is -0.312. The predicted octanol–water partition coefficient (Wildman–Crippen LogP) is 0.509. The van der Waals surface area contributed by atoms with Gasteiger partial charge >= 0.3 is 0 Å². The Bertz CT molecular complexity index is 712. The summed E-state index contributed by atoms with van der Waals surface area (Å²) in [6.07, 6.45) is 1.02. The molecule has 0 spiro atoms. The maximum Gasteiger partial charge on any atom is 0.240 e. The number of halogens is 1. The van der Waals surface area contributed by atoms with Crippen molar-refractivity contribution in [2.24, 2.45) is 0 Å². The van der Waals surface area contributed by atoms with Crippen LogP contribution in [0, 0.1) is 5.82 Å². The van der Waals surface area contributed by atoms with E-state index < -0.39 is 30.4 Å². The number of nitrogens with one attached hydrogen (secondary N) is 1. The highest BCUT2D eigenvalue weighted by molar-refractivity contribution is 7.92. The van der Waals surface area contributed by atoms with Gasteiger partial charge in [-0.3, -0.25) is 0 Å². The Balaban J connectivity index is 3.00. The number of anilines is 1. The SMILES string of the molecule is CC(C)(CNS(=O)(=O)c1ccc(N)c(F)c1)S(C)(=O)=O. The second-order valence-corrected chi connectivity index (χ2v) is 9.46. The van der Waals surface area contributed by atoms with Crippen molar-refractivity contribution >= 4 is 25.5 Å². The zero-order valence-electron chi connectivity index (χ0n) is 11.3. The smallest absolute Gasteiger partial charge is 0.240 e. The Morgan fingerprint density at radius 1 is 1.25 bits per heavy atom. The number of hydrogen-bond acceptors (Lipinski definition) is 5. The summed E-state index contributed by atoms with van der Waals surface area (Å²) in [5.41, 5.74) is 5.10. The summed E-state index contributed by atoms with van der Waals surface area (Å²) in [7, 11) is -7.45. The van der Waals surface area contributed by atoms with Crippen LogP contribution < -0.4 is 10.5 Å². The topological polar surface area (TPSA) is 106 Å². The van der Waals surface area contributed by atoms with Gasteiger partial charge in [0.05, 0.1) is 15.3 Å². The Morgan fingerprint density at radius 3 is 2.25 bits per heavy atom. The van der Waals surface area contributed by atoms with E-state index in [0.29, 0.717) is 0 Å². The normalized spacial score (nSPS) is 13.4. The molecule has 0 aliphatic heterocycles. The van der Waals surface area contributed by atoms with E-state index in [1.54, 1.807) is 0 Å². The van der Waals surface area contributed by atoms with E-state index in [1.165, 1.54) is 13.8 Å². The molecule has 0 atom stereocenters. The van der Waals surface area contributed by atoms with E-state index in [9.17, 15) is 21.2 Å². The van der Waals surface area contributed by atoms with Crippen molar-refractivity contribution in [1.82, 2.24) is 4.72 Å². The molecule has 0 bridgehead atoms. The van der Waals surface area contributed by atoms with Crippen LogP contribution in [0.3, 0.4) is 0 Å². The van der Waals surface area contributed by atoms with Crippen LogP contribution in [0.4, 0.5) is 10.1 Å². The number of nitrogens with two attached hydrogens (primary N) is 1. The van der Waals surface area contributed by atoms with Gasteiger partial charge in [-0.15, -0.1) is 0 Å². The van der Waals surface area contributed by atoms with Crippen LogP contribution in [-0.4, -0.2) is 34.4 Å². The van der Waals surface area contributed by atoms with Gasteiger partial charge in [-0.25, -0.2) is 25.9 Å². The standard InChI is InChI=1S/C11H17FN2O4S2/c1-11(2,19(3,15)16)7-14-20(17,18)8-4-5-10(13)9(12)6-8/h4-6,14H,7,13H2,1-3H3. The van der Waals surface area contributed by atoms with Crippen molar-refractivity contribution < 1.29 is 21.2 Å². The Hall–Kier alpha value is -1.19. The van der Waals surface area contributed by atoms with Crippen molar-refractivity contribution in [3.05, 3.63) is 24.0 Å². The molecule has 0 aliphatic carbocycles. The number of sulfonamides is 1. The highest BCUT2D eigenvalue weighted by Gasteiger charge is 2.32. The molecule has 20 heavy (non-hydrogen) atoms. The first-order chi connectivity index (χ1) is 8.87. The fraction of sp³-hybridized carbons (Fsp3) is 0.455. The van der Waals surface area contributed by atoms with E-state index in [0.717, 1.165) is 24.5 Å². The monoisotopic (exact) mass is 324 g/mol. The van der Waals surface area contributed by atoms with Crippen LogP contribution in [-0.2, 0) is 19.9 Å². The number of nitrogen functional groups attached to an aromatic ring is 1. The lowest BCUT2D eigenvalue weighted by Crippen LogP contribution is -2.43. The molecule has 0 radical (unpaired) electrons. The molecule has 0 heterocycles. The van der Waals surface area contributed by atoms with Crippen LogP contribution in [0.25, 0.3) is 0 Å². The average molecular weight is 324 g/mol. The van der Waals surface area contributed by atoms with Crippen LogP contribution in [0.5, 0.6) is 0 Å². The fourth-order valence-corrected chi connectivity index (χ4v) is 2.81. The van der Waals surface area contributed by atoms with Crippen molar-refractivity contribution in [2.75, 3.05) is 18.5 Å². The number of rotatable bonds is 5. The molecule has 0 saturated heterocycles. The van der Waals surface area contributed by atoms with Gasteiger partial charge in [-0.1, -0.05) is 0 Å². The first kappa shape index (κ1) is 16.9. The summed E-state index contributed by atoms with van der Waals surface area (Å²) in [6.45, 7) is 2.48. The van der Waals surface area contributed by atoms with Gasteiger partial charge in [-0.05, 0) is 32.0 Å². The molecule has 1 rings (SSSR count). The summed E-state index contributed by atoms with van der Waals surface area (Å²) in [6, 6.07) is 3.06. The van der Waals surface area contributed by atoms with E-state index >= 15 is 0 Å². The van der Waals surface area contributed by atoms with E-state index in [2.05, 4.69) is 4.72 Å². The molecule has 114 valence electrons.